The van der Waals surface area contributed by atoms with E-state index in [4.69, 9.17) is 16.0 Å². The molecule has 4 rings (SSSR count). The maximum absolute atomic E-state index is 12.6. The molecule has 1 N–H and O–H groups in total. The molecule has 0 aliphatic carbocycles. The molecule has 0 atom stereocenters. The molecule has 0 saturated carbocycles. The summed E-state index contributed by atoms with van der Waals surface area (Å²) in [6.07, 6.45) is 3.39. The van der Waals surface area contributed by atoms with Crippen LogP contribution in [-0.4, -0.2) is 39.9 Å². The third-order valence-corrected chi connectivity index (χ3v) is 6.09. The minimum atomic E-state index is -0.492. The Morgan fingerprint density at radius 3 is 2.75 bits per heavy atom. The van der Waals surface area contributed by atoms with Crippen molar-refractivity contribution < 1.29 is 14.1 Å². The van der Waals surface area contributed by atoms with Crippen LogP contribution in [0, 0.1) is 10.1 Å². The minimum Gasteiger partial charge on any atom is -0.411 e. The second kappa shape index (κ2) is 10.0. The van der Waals surface area contributed by atoms with Gasteiger partial charge in [-0.1, -0.05) is 35.5 Å². The summed E-state index contributed by atoms with van der Waals surface area (Å²) in [6, 6.07) is 11.4. The summed E-state index contributed by atoms with van der Waals surface area (Å²) >= 11 is 7.52. The zero-order valence-electron chi connectivity index (χ0n) is 17.0. The molecule has 0 unspecified atom stereocenters. The Balaban J connectivity index is 1.40. The number of nitrogens with zero attached hydrogens (tertiary/aromatic N) is 4. The van der Waals surface area contributed by atoms with Crippen molar-refractivity contribution in [1.29, 1.82) is 0 Å². The van der Waals surface area contributed by atoms with Crippen LogP contribution in [0.5, 0.6) is 0 Å². The number of nitrogens with one attached hydrogen (secondary N) is 1. The number of rotatable bonds is 7. The molecule has 1 saturated heterocycles. The molecule has 0 radical (unpaired) electrons. The number of anilines is 2. The van der Waals surface area contributed by atoms with Crippen LogP contribution in [0.2, 0.25) is 5.02 Å². The largest absolute Gasteiger partial charge is 0.411 e. The van der Waals surface area contributed by atoms with E-state index in [1.54, 1.807) is 12.1 Å². The highest BCUT2D eigenvalue weighted by Crippen LogP contribution is 2.36. The number of benzene rings is 2. The van der Waals surface area contributed by atoms with E-state index in [1.165, 1.54) is 18.6 Å². The highest BCUT2D eigenvalue weighted by Gasteiger charge is 2.19. The van der Waals surface area contributed by atoms with Gasteiger partial charge in [0, 0.05) is 30.8 Å². The van der Waals surface area contributed by atoms with Crippen molar-refractivity contribution in [3.63, 3.8) is 0 Å². The highest BCUT2D eigenvalue weighted by atomic mass is 35.5. The zero-order chi connectivity index (χ0) is 22.5. The second-order valence-corrected chi connectivity index (χ2v) is 8.53. The minimum absolute atomic E-state index is 0.0581. The fraction of sp³-hybridized carbons (Fsp3) is 0.286. The number of carbonyl (C=O) groups excluding carboxylic acids is 1. The summed E-state index contributed by atoms with van der Waals surface area (Å²) < 4.78 is 5.55. The number of carbonyl (C=O) groups is 1. The SMILES string of the molecule is O=C(CSc1nnc(-c2cccc([N+](=O)[O-])c2)o1)Nc1cccc(Cl)c1N1CCCCC1. The van der Waals surface area contributed by atoms with Gasteiger partial charge in [-0.3, -0.25) is 14.9 Å². The van der Waals surface area contributed by atoms with Crippen LogP contribution in [-0.2, 0) is 4.79 Å². The first-order valence-corrected chi connectivity index (χ1v) is 11.4. The van der Waals surface area contributed by atoms with Crippen molar-refractivity contribution >= 4 is 46.3 Å². The Morgan fingerprint density at radius 1 is 1.19 bits per heavy atom. The van der Waals surface area contributed by atoms with Gasteiger partial charge in [-0.25, -0.2) is 0 Å². The fourth-order valence-electron chi connectivity index (χ4n) is 3.51. The van der Waals surface area contributed by atoms with Crippen LogP contribution < -0.4 is 10.2 Å². The summed E-state index contributed by atoms with van der Waals surface area (Å²) in [7, 11) is 0. The summed E-state index contributed by atoms with van der Waals surface area (Å²) in [5.41, 5.74) is 1.89. The van der Waals surface area contributed by atoms with Crippen molar-refractivity contribution in [3.8, 4) is 11.5 Å². The summed E-state index contributed by atoms with van der Waals surface area (Å²) in [6.45, 7) is 1.81. The number of hydrogen-bond acceptors (Lipinski definition) is 8. The Morgan fingerprint density at radius 2 is 1.97 bits per heavy atom. The van der Waals surface area contributed by atoms with Crippen LogP contribution in [0.25, 0.3) is 11.5 Å². The molecule has 3 aromatic rings. The summed E-state index contributed by atoms with van der Waals surface area (Å²) in [5.74, 6) is -0.0211. The Hall–Kier alpha value is -3.11. The zero-order valence-corrected chi connectivity index (χ0v) is 18.6. The standard InChI is InChI=1S/C21H20ClN5O4S/c22-16-8-5-9-17(19(16)26-10-2-1-3-11-26)23-18(28)13-32-21-25-24-20(31-21)14-6-4-7-15(12-14)27(29)30/h4-9,12H,1-3,10-11,13H2,(H,23,28). The molecule has 0 bridgehead atoms. The number of nitro benzene ring substituents is 1. The van der Waals surface area contributed by atoms with Gasteiger partial charge >= 0.3 is 0 Å². The van der Waals surface area contributed by atoms with Crippen molar-refractivity contribution in [3.05, 3.63) is 57.6 Å². The average molecular weight is 474 g/mol. The second-order valence-electron chi connectivity index (χ2n) is 7.20. The third-order valence-electron chi connectivity index (χ3n) is 4.97. The van der Waals surface area contributed by atoms with E-state index < -0.39 is 4.92 Å². The van der Waals surface area contributed by atoms with Gasteiger partial charge in [-0.2, -0.15) is 0 Å². The number of halogens is 1. The monoisotopic (exact) mass is 473 g/mol. The van der Waals surface area contributed by atoms with E-state index >= 15 is 0 Å². The first-order valence-electron chi connectivity index (χ1n) is 10.1. The molecule has 9 nitrogen and oxygen atoms in total. The van der Waals surface area contributed by atoms with Gasteiger partial charge in [0.2, 0.25) is 11.8 Å². The quantitative estimate of drug-likeness (QED) is 0.289. The molecule has 1 aromatic heterocycles. The normalized spacial score (nSPS) is 13.7. The first kappa shape index (κ1) is 22.1. The lowest BCUT2D eigenvalue weighted by Gasteiger charge is -2.31. The molecule has 1 aliphatic rings. The van der Waals surface area contributed by atoms with Gasteiger partial charge in [0.1, 0.15) is 0 Å². The lowest BCUT2D eigenvalue weighted by atomic mass is 10.1. The molecule has 1 aliphatic heterocycles. The third kappa shape index (κ3) is 5.20. The molecule has 1 fully saturated rings. The molecule has 0 spiro atoms. The Kier molecular flexibility index (Phi) is 6.91. The predicted molar refractivity (Wildman–Crippen MR) is 123 cm³/mol. The molecular formula is C21H20ClN5O4S. The number of thioether (sulfide) groups is 1. The molecule has 166 valence electrons. The van der Waals surface area contributed by atoms with Crippen molar-refractivity contribution in [2.24, 2.45) is 0 Å². The van der Waals surface area contributed by atoms with E-state index in [2.05, 4.69) is 20.4 Å². The molecule has 2 heterocycles. The van der Waals surface area contributed by atoms with Gasteiger partial charge in [0.25, 0.3) is 10.9 Å². The predicted octanol–water partition coefficient (Wildman–Crippen LogP) is 5.02. The number of non-ortho nitro benzene ring substituents is 1. The summed E-state index contributed by atoms with van der Waals surface area (Å²) in [5, 5.41) is 22.5. The molecule has 11 heteroatoms. The van der Waals surface area contributed by atoms with E-state index in [0.29, 0.717) is 16.3 Å². The molecule has 32 heavy (non-hydrogen) atoms. The van der Waals surface area contributed by atoms with Gasteiger partial charge in [-0.05, 0) is 37.5 Å². The van der Waals surface area contributed by atoms with Crippen molar-refractivity contribution in [1.82, 2.24) is 10.2 Å². The van der Waals surface area contributed by atoms with Gasteiger partial charge < -0.3 is 14.6 Å². The number of para-hydroxylation sites is 1. The topological polar surface area (TPSA) is 114 Å². The fourth-order valence-corrected chi connectivity index (χ4v) is 4.36. The maximum Gasteiger partial charge on any atom is 0.277 e. The van der Waals surface area contributed by atoms with E-state index in [0.717, 1.165) is 43.4 Å². The number of piperidine rings is 1. The van der Waals surface area contributed by atoms with Gasteiger partial charge in [0.15, 0.2) is 0 Å². The number of nitro groups is 1. The molecule has 2 aromatic carbocycles. The van der Waals surface area contributed by atoms with Crippen molar-refractivity contribution in [2.45, 2.75) is 24.5 Å². The molecular weight excluding hydrogens is 454 g/mol. The van der Waals surface area contributed by atoms with E-state index in [9.17, 15) is 14.9 Å². The highest BCUT2D eigenvalue weighted by molar-refractivity contribution is 7.99. The van der Waals surface area contributed by atoms with E-state index in [1.807, 2.05) is 18.2 Å². The first-order chi connectivity index (χ1) is 15.5. The van der Waals surface area contributed by atoms with Crippen LogP contribution in [0.3, 0.4) is 0 Å². The van der Waals surface area contributed by atoms with Gasteiger partial charge in [0.05, 0.1) is 27.1 Å². The van der Waals surface area contributed by atoms with Crippen LogP contribution in [0.15, 0.2) is 52.1 Å². The molecule has 1 amide bonds. The van der Waals surface area contributed by atoms with Crippen molar-refractivity contribution in [2.75, 3.05) is 29.1 Å². The Bertz CT molecular complexity index is 1130. The number of aromatic nitrogens is 2. The van der Waals surface area contributed by atoms with E-state index in [-0.39, 0.29) is 28.5 Å². The Labute approximate surface area is 193 Å². The lowest BCUT2D eigenvalue weighted by molar-refractivity contribution is -0.384. The summed E-state index contributed by atoms with van der Waals surface area (Å²) in [4.78, 5) is 25.2. The van der Waals surface area contributed by atoms with Gasteiger partial charge in [-0.15, -0.1) is 10.2 Å². The maximum atomic E-state index is 12.6. The smallest absolute Gasteiger partial charge is 0.277 e. The lowest BCUT2D eigenvalue weighted by Crippen LogP contribution is -2.30. The number of hydrogen-bond donors (Lipinski definition) is 1. The van der Waals surface area contributed by atoms with Crippen LogP contribution in [0.4, 0.5) is 17.1 Å². The number of amides is 1. The van der Waals surface area contributed by atoms with Crippen LogP contribution >= 0.6 is 23.4 Å². The van der Waals surface area contributed by atoms with Crippen LogP contribution in [0.1, 0.15) is 19.3 Å². The average Bonchev–Trinajstić information content (AvgIpc) is 3.28.